The van der Waals surface area contributed by atoms with Crippen LogP contribution in [0.4, 0.5) is 17.1 Å². The second-order valence-corrected chi connectivity index (χ2v) is 7.49. The summed E-state index contributed by atoms with van der Waals surface area (Å²) in [7, 11) is 0. The third-order valence-corrected chi connectivity index (χ3v) is 5.07. The van der Waals surface area contributed by atoms with Gasteiger partial charge in [0.05, 0.1) is 28.4 Å². The van der Waals surface area contributed by atoms with Gasteiger partial charge in [-0.25, -0.2) is 0 Å². The van der Waals surface area contributed by atoms with Crippen molar-refractivity contribution in [1.82, 2.24) is 0 Å². The van der Waals surface area contributed by atoms with Gasteiger partial charge in [-0.1, -0.05) is 0 Å². The number of anilines is 1. The molecule has 0 amide bonds. The van der Waals surface area contributed by atoms with Crippen LogP contribution < -0.4 is 14.9 Å². The molecule has 1 N–H and O–H groups in total. The predicted octanol–water partition coefficient (Wildman–Crippen LogP) is 5.69. The van der Waals surface area contributed by atoms with E-state index in [0.717, 1.165) is 11.1 Å². The average Bonchev–Trinajstić information content (AvgIpc) is 2.80. The fourth-order valence-corrected chi connectivity index (χ4v) is 3.16. The molecule has 0 unspecified atom stereocenters. The number of ether oxygens (including phenoxy) is 2. The number of benzene rings is 3. The number of rotatable bonds is 10. The van der Waals surface area contributed by atoms with Gasteiger partial charge in [0.1, 0.15) is 6.61 Å². The van der Waals surface area contributed by atoms with Crippen LogP contribution in [-0.2, 0) is 6.61 Å². The first-order valence-electron chi connectivity index (χ1n) is 9.73. The Morgan fingerprint density at radius 1 is 0.939 bits per heavy atom. The van der Waals surface area contributed by atoms with Crippen molar-refractivity contribution in [2.75, 3.05) is 12.0 Å². The molecule has 0 spiro atoms. The van der Waals surface area contributed by atoms with Gasteiger partial charge in [-0.3, -0.25) is 25.7 Å². The highest BCUT2D eigenvalue weighted by atomic mass is 79.9. The molecule has 3 aromatic carbocycles. The summed E-state index contributed by atoms with van der Waals surface area (Å²) < 4.78 is 12.3. The molecule has 3 aromatic rings. The molecule has 0 aliphatic carbocycles. The Bertz CT molecular complexity index is 1170. The molecule has 0 bridgehead atoms. The summed E-state index contributed by atoms with van der Waals surface area (Å²) in [6, 6.07) is 15.5. The van der Waals surface area contributed by atoms with E-state index >= 15 is 0 Å². The lowest BCUT2D eigenvalue weighted by Crippen LogP contribution is -2.01. The minimum Gasteiger partial charge on any atom is -0.490 e. The number of nitro groups is 2. The number of non-ortho nitro benzene ring substituents is 2. The van der Waals surface area contributed by atoms with Crippen molar-refractivity contribution in [3.63, 3.8) is 0 Å². The first-order valence-corrected chi connectivity index (χ1v) is 10.5. The Balaban J connectivity index is 1.70. The van der Waals surface area contributed by atoms with Gasteiger partial charge in [0.25, 0.3) is 11.4 Å². The van der Waals surface area contributed by atoms with Gasteiger partial charge < -0.3 is 9.47 Å². The number of hydrogen-bond acceptors (Lipinski definition) is 8. The van der Waals surface area contributed by atoms with E-state index in [1.54, 1.807) is 42.6 Å². The molecule has 0 atom stereocenters. The van der Waals surface area contributed by atoms with Crippen LogP contribution >= 0.6 is 15.9 Å². The fourth-order valence-electron chi connectivity index (χ4n) is 2.74. The first kappa shape index (κ1) is 23.7. The monoisotopic (exact) mass is 514 g/mol. The quantitative estimate of drug-likeness (QED) is 0.209. The van der Waals surface area contributed by atoms with Gasteiger partial charge in [0.2, 0.25) is 0 Å². The molecule has 0 saturated carbocycles. The summed E-state index contributed by atoms with van der Waals surface area (Å²) in [5.41, 5.74) is 4.92. The second kappa shape index (κ2) is 11.0. The van der Waals surface area contributed by atoms with Crippen LogP contribution in [0.1, 0.15) is 18.1 Å². The molecular formula is C22H19BrN4O6. The molecule has 0 radical (unpaired) electrons. The Morgan fingerprint density at radius 3 is 2.09 bits per heavy atom. The molecular weight excluding hydrogens is 496 g/mol. The van der Waals surface area contributed by atoms with Gasteiger partial charge in [-0.2, -0.15) is 5.10 Å². The molecule has 10 nitrogen and oxygen atoms in total. The van der Waals surface area contributed by atoms with Crippen molar-refractivity contribution in [3.05, 3.63) is 96.5 Å². The van der Waals surface area contributed by atoms with Crippen LogP contribution in [0.2, 0.25) is 0 Å². The van der Waals surface area contributed by atoms with Gasteiger partial charge in [-0.15, -0.1) is 0 Å². The zero-order valence-electron chi connectivity index (χ0n) is 17.4. The van der Waals surface area contributed by atoms with Crippen molar-refractivity contribution in [2.24, 2.45) is 5.10 Å². The van der Waals surface area contributed by atoms with E-state index in [0.29, 0.717) is 28.3 Å². The van der Waals surface area contributed by atoms with Gasteiger partial charge in [0, 0.05) is 34.3 Å². The van der Waals surface area contributed by atoms with Gasteiger partial charge in [-0.05, 0) is 64.8 Å². The number of nitrogens with one attached hydrogen (secondary N) is 1. The topological polar surface area (TPSA) is 129 Å². The summed E-state index contributed by atoms with van der Waals surface area (Å²) in [4.78, 5) is 20.6. The van der Waals surface area contributed by atoms with E-state index in [1.165, 1.54) is 24.3 Å². The average molecular weight is 515 g/mol. The fraction of sp³-hybridized carbons (Fsp3) is 0.136. The maximum absolute atomic E-state index is 10.8. The normalized spacial score (nSPS) is 10.7. The second-order valence-electron chi connectivity index (χ2n) is 6.64. The van der Waals surface area contributed by atoms with Crippen LogP contribution in [-0.4, -0.2) is 22.7 Å². The van der Waals surface area contributed by atoms with Crippen molar-refractivity contribution in [2.45, 2.75) is 13.5 Å². The highest BCUT2D eigenvalue weighted by molar-refractivity contribution is 9.10. The van der Waals surface area contributed by atoms with Gasteiger partial charge >= 0.3 is 0 Å². The number of hydrazone groups is 1. The lowest BCUT2D eigenvalue weighted by molar-refractivity contribution is -0.385. The molecule has 33 heavy (non-hydrogen) atoms. The highest BCUT2D eigenvalue weighted by Crippen LogP contribution is 2.34. The van der Waals surface area contributed by atoms with Crippen molar-refractivity contribution in [1.29, 1.82) is 0 Å². The van der Waals surface area contributed by atoms with Crippen molar-refractivity contribution >= 4 is 39.2 Å². The zero-order valence-corrected chi connectivity index (χ0v) is 19.0. The van der Waals surface area contributed by atoms with Crippen molar-refractivity contribution < 1.29 is 19.3 Å². The summed E-state index contributed by atoms with van der Waals surface area (Å²) >= 11 is 3.49. The summed E-state index contributed by atoms with van der Waals surface area (Å²) in [5, 5.41) is 25.7. The van der Waals surface area contributed by atoms with Crippen LogP contribution in [0.25, 0.3) is 0 Å². The standard InChI is InChI=1S/C22H19BrN4O6/c1-2-32-21-11-16(13-24-25-17-5-9-19(10-6-17)27(30)31)20(23)12-22(21)33-14-15-3-7-18(8-4-15)26(28)29/h3-13,25H,2,14H2,1H3/b24-13+. The third-order valence-electron chi connectivity index (χ3n) is 4.38. The van der Waals surface area contributed by atoms with E-state index in [9.17, 15) is 20.2 Å². The van der Waals surface area contributed by atoms with E-state index in [-0.39, 0.29) is 18.0 Å². The summed E-state index contributed by atoms with van der Waals surface area (Å²) in [6.07, 6.45) is 1.58. The number of halogens is 1. The van der Waals surface area contributed by atoms with Crippen LogP contribution in [0.15, 0.2) is 70.2 Å². The Morgan fingerprint density at radius 2 is 1.52 bits per heavy atom. The molecule has 0 aromatic heterocycles. The molecule has 0 aliphatic heterocycles. The lowest BCUT2D eigenvalue weighted by atomic mass is 10.2. The molecule has 170 valence electrons. The molecule has 11 heteroatoms. The predicted molar refractivity (Wildman–Crippen MR) is 127 cm³/mol. The Kier molecular flexibility index (Phi) is 7.92. The maximum Gasteiger partial charge on any atom is 0.269 e. The molecule has 0 fully saturated rings. The van der Waals surface area contributed by atoms with Gasteiger partial charge in [0.15, 0.2) is 11.5 Å². The SMILES string of the molecule is CCOc1cc(/C=N/Nc2ccc([N+](=O)[O-])cc2)c(Br)cc1OCc1ccc([N+](=O)[O-])cc1. The molecule has 0 saturated heterocycles. The first-order chi connectivity index (χ1) is 15.9. The number of nitro benzene ring substituents is 2. The van der Waals surface area contributed by atoms with E-state index in [2.05, 4.69) is 26.5 Å². The molecule has 0 aliphatic rings. The van der Waals surface area contributed by atoms with E-state index < -0.39 is 9.85 Å². The minimum absolute atomic E-state index is 0.00190. The van der Waals surface area contributed by atoms with E-state index in [4.69, 9.17) is 9.47 Å². The zero-order chi connectivity index (χ0) is 23.8. The minimum atomic E-state index is -0.468. The number of nitrogens with zero attached hydrogens (tertiary/aromatic N) is 3. The molecule has 0 heterocycles. The highest BCUT2D eigenvalue weighted by Gasteiger charge is 2.11. The van der Waals surface area contributed by atoms with Crippen LogP contribution in [0, 0.1) is 20.2 Å². The number of hydrogen-bond donors (Lipinski definition) is 1. The Labute approximate surface area is 197 Å². The Hall–Kier alpha value is -3.99. The van der Waals surface area contributed by atoms with Crippen LogP contribution in [0.3, 0.4) is 0 Å². The summed E-state index contributed by atoms with van der Waals surface area (Å²) in [5.74, 6) is 1.02. The third kappa shape index (κ3) is 6.50. The summed E-state index contributed by atoms with van der Waals surface area (Å²) in [6.45, 7) is 2.48. The van der Waals surface area contributed by atoms with E-state index in [1.807, 2.05) is 6.92 Å². The smallest absolute Gasteiger partial charge is 0.269 e. The molecule has 3 rings (SSSR count). The maximum atomic E-state index is 10.8. The van der Waals surface area contributed by atoms with Crippen molar-refractivity contribution in [3.8, 4) is 11.5 Å². The van der Waals surface area contributed by atoms with Crippen LogP contribution in [0.5, 0.6) is 11.5 Å². The lowest BCUT2D eigenvalue weighted by Gasteiger charge is -2.14. The largest absolute Gasteiger partial charge is 0.490 e.